The molecule has 48 heavy (non-hydrogen) atoms. The standard InChI is InChI=1S/C47H32O/c1-31-14-5-6-15-32(31)26-27-35-30-48-44-25-13-24-42(45(35)44)46-38-20-9-11-22-40(38)47(41-23-12-10-21-39(41)46)43-29-36(33-16-3-2-4-17-33)28-34-18-7-8-19-37(34)43/h2-30H,1H3/b27-26-/i2D,3D,4D,5D,6D,7D,8D,13D,14D,15D,16D,17D,18D,19D,24D,25D,26D,27D,28D,29D. The van der Waals surface area contributed by atoms with Crippen LogP contribution in [0.4, 0.5) is 0 Å². The molecular formula is C47H32O. The van der Waals surface area contributed by atoms with Gasteiger partial charge in [-0.15, -0.1) is 0 Å². The summed E-state index contributed by atoms with van der Waals surface area (Å²) in [6.07, 6.45) is 1.08. The highest BCUT2D eigenvalue weighted by Gasteiger charge is 2.21. The van der Waals surface area contributed by atoms with Crippen molar-refractivity contribution in [2.24, 2.45) is 0 Å². The van der Waals surface area contributed by atoms with Gasteiger partial charge in [0, 0.05) is 10.9 Å². The monoisotopic (exact) mass is 632 g/mol. The van der Waals surface area contributed by atoms with Gasteiger partial charge in [-0.1, -0.05) is 151 Å². The van der Waals surface area contributed by atoms with E-state index in [9.17, 15) is 6.85 Å². The zero-order valence-corrected chi connectivity index (χ0v) is 25.1. The molecule has 9 aromatic rings. The van der Waals surface area contributed by atoms with E-state index in [4.69, 9.17) is 25.0 Å². The Morgan fingerprint density at radius 1 is 0.542 bits per heavy atom. The van der Waals surface area contributed by atoms with Crippen molar-refractivity contribution in [3.63, 3.8) is 0 Å². The lowest BCUT2D eigenvalue weighted by Crippen LogP contribution is -1.93. The minimum Gasteiger partial charge on any atom is -0.464 e. The van der Waals surface area contributed by atoms with Crippen LogP contribution in [0.15, 0.2) is 168 Å². The van der Waals surface area contributed by atoms with Crippen LogP contribution >= 0.6 is 0 Å². The molecule has 0 amide bonds. The fourth-order valence-electron chi connectivity index (χ4n) is 6.11. The summed E-state index contributed by atoms with van der Waals surface area (Å²) in [6, 6.07) is 0.558. The third-order valence-corrected chi connectivity index (χ3v) is 8.22. The van der Waals surface area contributed by atoms with E-state index in [1.54, 1.807) is 48.5 Å². The van der Waals surface area contributed by atoms with Crippen LogP contribution in [-0.2, 0) is 0 Å². The third-order valence-electron chi connectivity index (χ3n) is 8.22. The quantitative estimate of drug-likeness (QED) is 0.172. The normalized spacial score (nSPS) is 18.0. The Hall–Kier alpha value is -6.18. The summed E-state index contributed by atoms with van der Waals surface area (Å²) in [6.45, 7) is 1.39. The first-order chi connectivity index (χ1) is 32.1. The van der Waals surface area contributed by atoms with E-state index in [2.05, 4.69) is 0 Å². The molecule has 1 heteroatoms. The first kappa shape index (κ1) is 14.3. The molecule has 1 heterocycles. The molecular weight excluding hydrogens is 581 g/mol. The number of fused-ring (bicyclic) bond motifs is 4. The molecule has 0 spiro atoms. The van der Waals surface area contributed by atoms with Gasteiger partial charge in [-0.25, -0.2) is 0 Å². The molecule has 0 unspecified atom stereocenters. The predicted octanol–water partition coefficient (Wildman–Crippen LogP) is 13.4. The molecule has 0 fully saturated rings. The van der Waals surface area contributed by atoms with E-state index in [-0.39, 0.29) is 71.5 Å². The van der Waals surface area contributed by atoms with Crippen molar-refractivity contribution in [3.8, 4) is 33.4 Å². The Balaban J connectivity index is 1.49. The Bertz CT molecular complexity index is 3700. The maximum Gasteiger partial charge on any atom is 0.135 e. The van der Waals surface area contributed by atoms with Crippen molar-refractivity contribution < 1.29 is 31.8 Å². The van der Waals surface area contributed by atoms with Gasteiger partial charge in [-0.3, -0.25) is 0 Å². The summed E-state index contributed by atoms with van der Waals surface area (Å²) in [5, 5.41) is 0.486. The van der Waals surface area contributed by atoms with Crippen molar-refractivity contribution in [1.82, 2.24) is 0 Å². The van der Waals surface area contributed by atoms with Crippen LogP contribution in [-0.4, -0.2) is 0 Å². The molecule has 1 aromatic heterocycles. The number of furan rings is 1. The van der Waals surface area contributed by atoms with Gasteiger partial charge in [0.05, 0.1) is 33.7 Å². The Morgan fingerprint density at radius 3 is 1.92 bits per heavy atom. The lowest BCUT2D eigenvalue weighted by molar-refractivity contribution is 0.615. The van der Waals surface area contributed by atoms with Gasteiger partial charge in [-0.2, -0.15) is 0 Å². The SMILES string of the molecule is [2H]/C(=C(\[2H])c1coc2c([2H])c([2H])c([2H])c(-c3c4ccccc4c(-c4c([2H])c(-c5c([2H])c([2H])c([2H])c([2H])c5[2H])c([2H])c5c([2H])c([2H])c([2H])c([2H])c45)c4ccccc34)c12)c1c([2H])c([2H])c([2H])c([2H])c1C. The summed E-state index contributed by atoms with van der Waals surface area (Å²) in [7, 11) is 0. The van der Waals surface area contributed by atoms with Crippen molar-refractivity contribution in [2.75, 3.05) is 0 Å². The minimum atomic E-state index is -0.758. The molecule has 0 bridgehead atoms. The molecule has 0 aliphatic rings. The van der Waals surface area contributed by atoms with Crippen molar-refractivity contribution in [2.45, 2.75) is 6.92 Å². The van der Waals surface area contributed by atoms with E-state index in [1.807, 2.05) is 0 Å². The second-order valence-electron chi connectivity index (χ2n) is 10.9. The van der Waals surface area contributed by atoms with Crippen LogP contribution in [0.5, 0.6) is 0 Å². The zero-order chi connectivity index (χ0) is 49.4. The highest BCUT2D eigenvalue weighted by Crippen LogP contribution is 2.48. The first-order valence-electron chi connectivity index (χ1n) is 24.9. The molecule has 1 nitrogen and oxygen atoms in total. The summed E-state index contributed by atoms with van der Waals surface area (Å²) in [5.41, 5.74) is -1.47. The molecule has 0 aliphatic carbocycles. The molecule has 226 valence electrons. The Morgan fingerprint density at radius 2 is 1.17 bits per heavy atom. The second-order valence-corrected chi connectivity index (χ2v) is 10.9. The molecule has 0 saturated carbocycles. The first-order valence-corrected chi connectivity index (χ1v) is 14.9. The molecule has 0 radical (unpaired) electrons. The number of rotatable bonds is 5. The second kappa shape index (κ2) is 11.6. The minimum absolute atomic E-state index is 0.00137. The number of benzene rings is 8. The molecule has 0 saturated heterocycles. The molecule has 0 atom stereocenters. The van der Waals surface area contributed by atoms with Crippen molar-refractivity contribution >= 4 is 55.4 Å². The van der Waals surface area contributed by atoms with E-state index >= 15 is 0 Å². The van der Waals surface area contributed by atoms with Crippen LogP contribution < -0.4 is 0 Å². The summed E-state index contributed by atoms with van der Waals surface area (Å²) in [5.74, 6) is 0. The Labute approximate surface area is 308 Å². The summed E-state index contributed by atoms with van der Waals surface area (Å²) >= 11 is 0. The van der Waals surface area contributed by atoms with Crippen LogP contribution in [0.2, 0.25) is 0 Å². The highest BCUT2D eigenvalue weighted by molar-refractivity contribution is 6.25. The fourth-order valence-corrected chi connectivity index (χ4v) is 6.11. The maximum absolute atomic E-state index is 9.93. The van der Waals surface area contributed by atoms with E-state index < -0.39 is 132 Å². The lowest BCUT2D eigenvalue weighted by atomic mass is 9.83. The maximum atomic E-state index is 9.93. The fraction of sp³-hybridized carbons (Fsp3) is 0.0213. The van der Waals surface area contributed by atoms with E-state index in [0.717, 1.165) is 6.26 Å². The van der Waals surface area contributed by atoms with Crippen LogP contribution in [0.25, 0.3) is 88.8 Å². The van der Waals surface area contributed by atoms with Crippen LogP contribution in [0, 0.1) is 6.92 Å². The van der Waals surface area contributed by atoms with Crippen LogP contribution in [0.1, 0.15) is 44.1 Å². The summed E-state index contributed by atoms with van der Waals surface area (Å²) in [4.78, 5) is 0. The topological polar surface area (TPSA) is 13.1 Å². The van der Waals surface area contributed by atoms with Gasteiger partial charge in [0.25, 0.3) is 0 Å². The van der Waals surface area contributed by atoms with E-state index in [0.29, 0.717) is 10.8 Å². The molecule has 0 N–H and O–H groups in total. The van der Waals surface area contributed by atoms with Crippen molar-refractivity contribution in [1.29, 1.82) is 0 Å². The average molecular weight is 633 g/mol. The molecule has 9 rings (SSSR count). The zero-order valence-electron chi connectivity index (χ0n) is 45.1. The van der Waals surface area contributed by atoms with Gasteiger partial charge in [0.1, 0.15) is 5.58 Å². The number of hydrogen-bond acceptors (Lipinski definition) is 1. The highest BCUT2D eigenvalue weighted by atomic mass is 16.3. The summed E-state index contributed by atoms with van der Waals surface area (Å²) < 4.78 is 183. The third kappa shape index (κ3) is 4.63. The average Bonchev–Trinajstić information content (AvgIpc) is 3.77. The molecule has 8 aromatic carbocycles. The Kier molecular flexibility index (Phi) is 3.44. The van der Waals surface area contributed by atoms with Gasteiger partial charge in [0.15, 0.2) is 0 Å². The smallest absolute Gasteiger partial charge is 0.135 e. The van der Waals surface area contributed by atoms with Crippen molar-refractivity contribution in [3.05, 3.63) is 180 Å². The van der Waals surface area contributed by atoms with Gasteiger partial charge in [-0.05, 0) is 102 Å². The lowest BCUT2D eigenvalue weighted by Gasteiger charge is -2.20. The van der Waals surface area contributed by atoms with Gasteiger partial charge >= 0.3 is 0 Å². The number of hydrogen-bond donors (Lipinski definition) is 0. The van der Waals surface area contributed by atoms with Gasteiger partial charge < -0.3 is 4.42 Å². The largest absolute Gasteiger partial charge is 0.464 e. The predicted molar refractivity (Wildman–Crippen MR) is 205 cm³/mol. The van der Waals surface area contributed by atoms with Gasteiger partial charge in [0.2, 0.25) is 0 Å². The molecule has 0 aliphatic heterocycles. The van der Waals surface area contributed by atoms with E-state index in [1.165, 1.54) is 6.92 Å². The van der Waals surface area contributed by atoms with Crippen LogP contribution in [0.3, 0.4) is 0 Å².